The van der Waals surface area contributed by atoms with E-state index in [1.165, 1.54) is 0 Å². The molecule has 1 aromatic carbocycles. The van der Waals surface area contributed by atoms with E-state index in [1.807, 2.05) is 43.7 Å². The van der Waals surface area contributed by atoms with E-state index < -0.39 is 0 Å². The number of nitrogens with zero attached hydrogens (tertiary/aromatic N) is 4. The van der Waals surface area contributed by atoms with E-state index in [2.05, 4.69) is 15.0 Å². The van der Waals surface area contributed by atoms with Gasteiger partial charge in [-0.2, -0.15) is 9.47 Å². The summed E-state index contributed by atoms with van der Waals surface area (Å²) in [5.74, 6) is 1.26. The Bertz CT molecular complexity index is 883. The summed E-state index contributed by atoms with van der Waals surface area (Å²) in [4.78, 5) is 13.5. The number of benzene rings is 1. The van der Waals surface area contributed by atoms with Crippen molar-refractivity contribution in [1.29, 1.82) is 0 Å². The first kappa shape index (κ1) is 14.1. The van der Waals surface area contributed by atoms with Gasteiger partial charge in [0.15, 0.2) is 11.4 Å². The zero-order valence-corrected chi connectivity index (χ0v) is 13.4. The molecule has 2 aliphatic heterocycles. The molecule has 0 N–H and O–H groups in total. The number of fused-ring (bicyclic) bond motifs is 3. The van der Waals surface area contributed by atoms with E-state index in [0.717, 1.165) is 28.5 Å². The number of methoxy groups -OCH3 is 1. The molecular formula is C17H14ClN4O+. The molecule has 0 saturated heterocycles. The first-order valence-corrected chi connectivity index (χ1v) is 7.54. The predicted octanol–water partition coefficient (Wildman–Crippen LogP) is 4.29. The van der Waals surface area contributed by atoms with Crippen LogP contribution < -0.4 is 9.22 Å². The second kappa shape index (κ2) is 5.01. The quantitative estimate of drug-likeness (QED) is 0.773. The van der Waals surface area contributed by atoms with E-state index in [4.69, 9.17) is 16.3 Å². The fourth-order valence-corrected chi connectivity index (χ4v) is 3.42. The molecule has 4 rings (SSSR count). The zero-order valence-electron chi connectivity index (χ0n) is 12.7. The molecule has 3 heterocycles. The van der Waals surface area contributed by atoms with Crippen LogP contribution in [0, 0.1) is 6.92 Å². The third-order valence-corrected chi connectivity index (χ3v) is 4.41. The van der Waals surface area contributed by atoms with Crippen LogP contribution in [-0.4, -0.2) is 24.6 Å². The second-order valence-corrected chi connectivity index (χ2v) is 5.81. The number of para-hydroxylation sites is 1. The van der Waals surface area contributed by atoms with Gasteiger partial charge in [-0.15, -0.1) is 0 Å². The van der Waals surface area contributed by atoms with Gasteiger partial charge in [-0.1, -0.05) is 23.7 Å². The molecule has 2 aliphatic rings. The number of aliphatic imine (C=N–C) groups is 2. The largest absolute Gasteiger partial charge is 0.481 e. The van der Waals surface area contributed by atoms with Crippen molar-refractivity contribution in [2.75, 3.05) is 7.11 Å². The summed E-state index contributed by atoms with van der Waals surface area (Å²) < 4.78 is 5.52. The monoisotopic (exact) mass is 325 g/mol. The van der Waals surface area contributed by atoms with Gasteiger partial charge in [0, 0.05) is 11.6 Å². The van der Waals surface area contributed by atoms with Crippen LogP contribution in [0.3, 0.4) is 0 Å². The number of hydrogen-bond acceptors (Lipinski definition) is 4. The zero-order chi connectivity index (χ0) is 16.0. The van der Waals surface area contributed by atoms with E-state index in [9.17, 15) is 0 Å². The number of quaternary nitrogens is 1. The van der Waals surface area contributed by atoms with Crippen molar-refractivity contribution >= 4 is 41.3 Å². The number of halogens is 1. The Labute approximate surface area is 138 Å². The van der Waals surface area contributed by atoms with Crippen LogP contribution in [0.2, 0.25) is 5.02 Å². The van der Waals surface area contributed by atoms with Crippen molar-refractivity contribution in [2.24, 2.45) is 9.98 Å². The molecule has 0 radical (unpaired) electrons. The molecule has 0 aliphatic carbocycles. The molecule has 2 aromatic rings. The number of rotatable bonds is 2. The highest BCUT2D eigenvalue weighted by Crippen LogP contribution is 2.50. The van der Waals surface area contributed by atoms with Gasteiger partial charge in [0.1, 0.15) is 10.7 Å². The molecule has 23 heavy (non-hydrogen) atoms. The normalized spacial score (nSPS) is 20.9. The molecule has 114 valence electrons. The molecule has 6 heteroatoms. The summed E-state index contributed by atoms with van der Waals surface area (Å²) in [6, 6.07) is 9.55. The van der Waals surface area contributed by atoms with Gasteiger partial charge in [0.05, 0.1) is 19.5 Å². The van der Waals surface area contributed by atoms with Crippen LogP contribution in [0.25, 0.3) is 0 Å². The summed E-state index contributed by atoms with van der Waals surface area (Å²) in [5.41, 5.74) is 3.66. The summed E-state index contributed by atoms with van der Waals surface area (Å²) in [6.07, 6.45) is 5.43. The van der Waals surface area contributed by atoms with Crippen molar-refractivity contribution < 1.29 is 4.74 Å². The predicted molar refractivity (Wildman–Crippen MR) is 93.2 cm³/mol. The van der Waals surface area contributed by atoms with Crippen molar-refractivity contribution in [3.8, 4) is 5.88 Å². The molecular weight excluding hydrogens is 312 g/mol. The van der Waals surface area contributed by atoms with Gasteiger partial charge in [0.2, 0.25) is 12.2 Å². The van der Waals surface area contributed by atoms with Crippen molar-refractivity contribution in [2.45, 2.75) is 6.92 Å². The summed E-state index contributed by atoms with van der Waals surface area (Å²) in [5, 5.41) is 0.662. The average molecular weight is 326 g/mol. The topological polar surface area (TPSA) is 46.8 Å². The van der Waals surface area contributed by atoms with Gasteiger partial charge in [-0.25, -0.2) is 9.98 Å². The minimum atomic E-state index is 0.224. The van der Waals surface area contributed by atoms with Gasteiger partial charge in [-0.3, -0.25) is 0 Å². The highest BCUT2D eigenvalue weighted by molar-refractivity contribution is 6.34. The van der Waals surface area contributed by atoms with Crippen LogP contribution >= 0.6 is 11.6 Å². The van der Waals surface area contributed by atoms with Crippen LogP contribution in [0.4, 0.5) is 17.2 Å². The van der Waals surface area contributed by atoms with E-state index in [0.29, 0.717) is 10.9 Å². The summed E-state index contributed by atoms with van der Waals surface area (Å²) in [6.45, 7) is 2.03. The first-order valence-electron chi connectivity index (χ1n) is 7.16. The smallest absolute Gasteiger partial charge is 0.273 e. The molecule has 5 nitrogen and oxygen atoms in total. The van der Waals surface area contributed by atoms with E-state index in [1.54, 1.807) is 19.4 Å². The Morgan fingerprint density at radius 2 is 2.04 bits per heavy atom. The lowest BCUT2D eigenvalue weighted by Gasteiger charge is -2.33. The van der Waals surface area contributed by atoms with Gasteiger partial charge < -0.3 is 4.74 Å². The molecule has 0 fully saturated rings. The molecule has 0 bridgehead atoms. The lowest BCUT2D eigenvalue weighted by atomic mass is 10.1. The maximum atomic E-state index is 6.56. The van der Waals surface area contributed by atoms with Crippen LogP contribution in [0.5, 0.6) is 5.88 Å². The van der Waals surface area contributed by atoms with Crippen molar-refractivity contribution in [1.82, 2.24) is 9.47 Å². The van der Waals surface area contributed by atoms with Crippen LogP contribution in [0.15, 0.2) is 52.2 Å². The average Bonchev–Trinajstić information content (AvgIpc) is 2.99. The molecule has 1 aromatic heterocycles. The molecule has 1 unspecified atom stereocenters. The Morgan fingerprint density at radius 1 is 1.17 bits per heavy atom. The molecule has 0 spiro atoms. The second-order valence-electron chi connectivity index (χ2n) is 5.40. The van der Waals surface area contributed by atoms with Crippen LogP contribution in [0.1, 0.15) is 5.56 Å². The van der Waals surface area contributed by atoms with Crippen molar-refractivity contribution in [3.63, 3.8) is 0 Å². The maximum absolute atomic E-state index is 6.56. The fourth-order valence-electron chi connectivity index (χ4n) is 3.06. The van der Waals surface area contributed by atoms with E-state index in [-0.39, 0.29) is 4.48 Å². The molecule has 1 atom stereocenters. The Morgan fingerprint density at radius 3 is 2.83 bits per heavy atom. The number of ether oxygens (including phenoxy) is 1. The lowest BCUT2D eigenvalue weighted by Crippen LogP contribution is -2.43. The summed E-state index contributed by atoms with van der Waals surface area (Å²) >= 11 is 6.56. The minimum absolute atomic E-state index is 0.224. The standard InChI is InChI=1S/C17H14ClN4O/c1-11-4-3-5-13(18)16(11)22-10-19-8-12(22)9-20-14-6-7-15(23-2)21-17(14)22/h3-10H,1-2H3/q+1. The maximum Gasteiger partial charge on any atom is 0.273 e. The van der Waals surface area contributed by atoms with Crippen molar-refractivity contribution in [3.05, 3.63) is 52.8 Å². The summed E-state index contributed by atoms with van der Waals surface area (Å²) in [7, 11) is 1.60. The Balaban J connectivity index is 2.09. The minimum Gasteiger partial charge on any atom is -0.481 e. The Kier molecular flexibility index (Phi) is 3.07. The lowest BCUT2D eigenvalue weighted by molar-refractivity contribution is 0.396. The van der Waals surface area contributed by atoms with Gasteiger partial charge in [0.25, 0.3) is 5.82 Å². The first-order chi connectivity index (χ1) is 11.2. The fraction of sp³-hybridized carbons (Fsp3) is 0.118. The highest BCUT2D eigenvalue weighted by atomic mass is 35.5. The van der Waals surface area contributed by atoms with Gasteiger partial charge >= 0.3 is 0 Å². The highest BCUT2D eigenvalue weighted by Gasteiger charge is 2.47. The number of allylic oxidation sites excluding steroid dienone is 1. The molecule has 0 amide bonds. The number of pyridine rings is 1. The third kappa shape index (κ3) is 1.87. The van der Waals surface area contributed by atoms with Crippen LogP contribution in [-0.2, 0) is 0 Å². The SMILES string of the molecule is COc1ccc2c(n1)[N+]1(c3c(C)cccc3Cl)C=NC=C1C=N2. The number of aryl methyl sites for hydroxylation is 1. The molecule has 0 saturated carbocycles. The van der Waals surface area contributed by atoms with Gasteiger partial charge in [-0.05, 0) is 19.1 Å². The third-order valence-electron chi connectivity index (χ3n) is 4.10. The number of hydrogen-bond donors (Lipinski definition) is 0. The Hall–Kier alpha value is -2.50. The van der Waals surface area contributed by atoms with E-state index >= 15 is 0 Å². The number of aromatic nitrogens is 1.